The van der Waals surface area contributed by atoms with Gasteiger partial charge in [-0.1, -0.05) is 30.3 Å². The van der Waals surface area contributed by atoms with Gasteiger partial charge in [-0.05, 0) is 35.9 Å². The number of anilines is 1. The number of carbonyl (C=O) groups is 2. The first-order chi connectivity index (χ1) is 14.5. The number of para-hydroxylation sites is 1. The summed E-state index contributed by atoms with van der Waals surface area (Å²) in [5.74, 6) is 0.0754. The van der Waals surface area contributed by atoms with Crippen LogP contribution in [0.25, 0.3) is 0 Å². The fraction of sp³-hybridized carbons (Fsp3) is 0.0909. The van der Waals surface area contributed by atoms with E-state index in [2.05, 4.69) is 10.1 Å². The van der Waals surface area contributed by atoms with Gasteiger partial charge in [-0.25, -0.2) is 4.79 Å². The van der Waals surface area contributed by atoms with Crippen LogP contribution in [0.5, 0.6) is 11.5 Å². The van der Waals surface area contributed by atoms with Crippen molar-refractivity contribution in [2.45, 2.75) is 6.42 Å². The van der Waals surface area contributed by atoms with E-state index in [0.717, 1.165) is 6.07 Å². The van der Waals surface area contributed by atoms with Crippen LogP contribution in [0, 0.1) is 10.1 Å². The largest absolute Gasteiger partial charge is 0.465 e. The fourth-order valence-corrected chi connectivity index (χ4v) is 2.76. The number of carbonyl (C=O) groups excluding carboxylic acids is 2. The molecule has 0 spiro atoms. The third kappa shape index (κ3) is 5.20. The lowest BCUT2D eigenvalue weighted by Crippen LogP contribution is -2.17. The molecule has 3 aromatic carbocycles. The summed E-state index contributed by atoms with van der Waals surface area (Å²) >= 11 is 0. The molecule has 30 heavy (non-hydrogen) atoms. The number of hydrogen-bond acceptors (Lipinski definition) is 6. The molecule has 0 aliphatic carbocycles. The van der Waals surface area contributed by atoms with Crippen molar-refractivity contribution in [3.63, 3.8) is 0 Å². The Hall–Kier alpha value is -4.20. The molecule has 0 unspecified atom stereocenters. The standard InChI is InChI=1S/C22H18N2O6/c1-29-22(26)19-11-10-16(24(27)28)14-20(19)23-21(25)13-15-6-5-9-18(12-15)30-17-7-3-2-4-8-17/h2-12,14H,13H2,1H3,(H,23,25). The maximum absolute atomic E-state index is 12.5. The van der Waals surface area contributed by atoms with E-state index in [1.54, 1.807) is 24.3 Å². The number of ether oxygens (including phenoxy) is 2. The molecular weight excluding hydrogens is 388 g/mol. The minimum absolute atomic E-state index is 0.0118. The van der Waals surface area contributed by atoms with Gasteiger partial charge in [0.2, 0.25) is 5.91 Å². The zero-order valence-electron chi connectivity index (χ0n) is 16.0. The van der Waals surface area contributed by atoms with Crippen molar-refractivity contribution in [1.82, 2.24) is 0 Å². The van der Waals surface area contributed by atoms with Crippen molar-refractivity contribution in [2.24, 2.45) is 0 Å². The van der Waals surface area contributed by atoms with Crippen LogP contribution in [0.3, 0.4) is 0 Å². The number of benzene rings is 3. The first-order valence-corrected chi connectivity index (χ1v) is 8.94. The Bertz CT molecular complexity index is 1080. The van der Waals surface area contributed by atoms with Gasteiger partial charge < -0.3 is 14.8 Å². The van der Waals surface area contributed by atoms with Gasteiger partial charge in [-0.2, -0.15) is 0 Å². The summed E-state index contributed by atoms with van der Waals surface area (Å²) in [4.78, 5) is 34.9. The summed E-state index contributed by atoms with van der Waals surface area (Å²) in [7, 11) is 1.19. The second-order valence-corrected chi connectivity index (χ2v) is 6.27. The van der Waals surface area contributed by atoms with Gasteiger partial charge in [0.05, 0.1) is 29.7 Å². The SMILES string of the molecule is COC(=O)c1ccc([N+](=O)[O-])cc1NC(=O)Cc1cccc(Oc2ccccc2)c1. The molecule has 0 bridgehead atoms. The highest BCUT2D eigenvalue weighted by Crippen LogP contribution is 2.25. The van der Waals surface area contributed by atoms with Crippen LogP contribution in [0.2, 0.25) is 0 Å². The highest BCUT2D eigenvalue weighted by Gasteiger charge is 2.18. The lowest BCUT2D eigenvalue weighted by Gasteiger charge is -2.11. The van der Waals surface area contributed by atoms with Crippen molar-refractivity contribution >= 4 is 23.3 Å². The summed E-state index contributed by atoms with van der Waals surface area (Å²) in [6.45, 7) is 0. The van der Waals surface area contributed by atoms with Crippen molar-refractivity contribution < 1.29 is 24.0 Å². The van der Waals surface area contributed by atoms with Crippen LogP contribution >= 0.6 is 0 Å². The van der Waals surface area contributed by atoms with E-state index in [1.165, 1.54) is 19.2 Å². The van der Waals surface area contributed by atoms with Crippen molar-refractivity contribution in [3.05, 3.63) is 94.0 Å². The van der Waals surface area contributed by atoms with Crippen molar-refractivity contribution in [2.75, 3.05) is 12.4 Å². The van der Waals surface area contributed by atoms with Gasteiger partial charge in [0.25, 0.3) is 5.69 Å². The molecule has 0 radical (unpaired) electrons. The quantitative estimate of drug-likeness (QED) is 0.355. The topological polar surface area (TPSA) is 108 Å². The highest BCUT2D eigenvalue weighted by molar-refractivity contribution is 6.02. The van der Waals surface area contributed by atoms with E-state index in [1.807, 2.05) is 30.3 Å². The third-order valence-electron chi connectivity index (χ3n) is 4.14. The van der Waals surface area contributed by atoms with Crippen LogP contribution < -0.4 is 10.1 Å². The molecule has 0 aliphatic heterocycles. The van der Waals surface area contributed by atoms with Gasteiger partial charge in [-0.3, -0.25) is 14.9 Å². The number of hydrogen-bond donors (Lipinski definition) is 1. The van der Waals surface area contributed by atoms with E-state index in [0.29, 0.717) is 17.1 Å². The average molecular weight is 406 g/mol. The lowest BCUT2D eigenvalue weighted by atomic mass is 10.1. The minimum Gasteiger partial charge on any atom is -0.465 e. The fourth-order valence-electron chi connectivity index (χ4n) is 2.76. The highest BCUT2D eigenvalue weighted by atomic mass is 16.6. The first kappa shape index (κ1) is 20.5. The van der Waals surface area contributed by atoms with Gasteiger partial charge in [0.1, 0.15) is 11.5 Å². The summed E-state index contributed by atoms with van der Waals surface area (Å²) in [6, 6.07) is 19.8. The predicted molar refractivity (Wildman–Crippen MR) is 110 cm³/mol. The number of nitrogens with one attached hydrogen (secondary N) is 1. The molecule has 1 amide bonds. The number of nitro groups is 1. The molecule has 0 fully saturated rings. The number of esters is 1. The monoisotopic (exact) mass is 406 g/mol. The Kier molecular flexibility index (Phi) is 6.39. The number of nitrogens with zero attached hydrogens (tertiary/aromatic N) is 1. The molecule has 1 N–H and O–H groups in total. The van der Waals surface area contributed by atoms with E-state index in [9.17, 15) is 19.7 Å². The van der Waals surface area contributed by atoms with E-state index >= 15 is 0 Å². The van der Waals surface area contributed by atoms with Gasteiger partial charge in [0.15, 0.2) is 0 Å². The first-order valence-electron chi connectivity index (χ1n) is 8.94. The Morgan fingerprint density at radius 2 is 1.70 bits per heavy atom. The predicted octanol–water partition coefficient (Wildman–Crippen LogP) is 4.35. The van der Waals surface area contributed by atoms with Gasteiger partial charge in [0, 0.05) is 12.1 Å². The maximum Gasteiger partial charge on any atom is 0.339 e. The molecule has 152 valence electrons. The Labute approximate surface area is 172 Å². The van der Waals surface area contributed by atoms with Crippen molar-refractivity contribution in [1.29, 1.82) is 0 Å². The number of non-ortho nitro benzene ring substituents is 1. The second kappa shape index (κ2) is 9.33. The van der Waals surface area contributed by atoms with E-state index < -0.39 is 16.8 Å². The van der Waals surface area contributed by atoms with Gasteiger partial charge >= 0.3 is 5.97 Å². The summed E-state index contributed by atoms with van der Waals surface area (Å²) in [5, 5.41) is 13.6. The number of methoxy groups -OCH3 is 1. The normalized spacial score (nSPS) is 10.2. The molecule has 8 heteroatoms. The number of amides is 1. The van der Waals surface area contributed by atoms with Crippen LogP contribution in [-0.4, -0.2) is 23.9 Å². The molecule has 0 aliphatic rings. The molecule has 0 aromatic heterocycles. The van der Waals surface area contributed by atoms with Crippen LogP contribution in [0.4, 0.5) is 11.4 Å². The Balaban J connectivity index is 1.75. The smallest absolute Gasteiger partial charge is 0.339 e. The Morgan fingerprint density at radius 1 is 0.967 bits per heavy atom. The summed E-state index contributed by atoms with van der Waals surface area (Å²) < 4.78 is 10.4. The molecule has 3 rings (SSSR count). The van der Waals surface area contributed by atoms with E-state index in [4.69, 9.17) is 4.74 Å². The third-order valence-corrected chi connectivity index (χ3v) is 4.14. The second-order valence-electron chi connectivity index (χ2n) is 6.27. The molecule has 0 saturated carbocycles. The zero-order chi connectivity index (χ0) is 21.5. The maximum atomic E-state index is 12.5. The molecule has 0 atom stereocenters. The Morgan fingerprint density at radius 3 is 2.40 bits per heavy atom. The number of nitro benzene ring substituents is 1. The van der Waals surface area contributed by atoms with Crippen molar-refractivity contribution in [3.8, 4) is 11.5 Å². The molecule has 3 aromatic rings. The average Bonchev–Trinajstić information content (AvgIpc) is 2.74. The molecular formula is C22H18N2O6. The van der Waals surface area contributed by atoms with E-state index in [-0.39, 0.29) is 23.4 Å². The molecule has 0 heterocycles. The zero-order valence-corrected chi connectivity index (χ0v) is 16.0. The summed E-state index contributed by atoms with van der Waals surface area (Å²) in [5.41, 5.74) is 0.456. The lowest BCUT2D eigenvalue weighted by molar-refractivity contribution is -0.384. The van der Waals surface area contributed by atoms with Crippen LogP contribution in [0.1, 0.15) is 15.9 Å². The molecule has 0 saturated heterocycles. The van der Waals surface area contributed by atoms with Crippen LogP contribution in [0.15, 0.2) is 72.8 Å². The van der Waals surface area contributed by atoms with Crippen LogP contribution in [-0.2, 0) is 16.0 Å². The molecule has 8 nitrogen and oxygen atoms in total. The summed E-state index contributed by atoms with van der Waals surface area (Å²) in [6.07, 6.45) is -0.0186. The minimum atomic E-state index is -0.710. The number of rotatable bonds is 7. The van der Waals surface area contributed by atoms with Gasteiger partial charge in [-0.15, -0.1) is 0 Å².